The molecule has 0 radical (unpaired) electrons. The zero-order chi connectivity index (χ0) is 11.9. The Morgan fingerprint density at radius 1 is 1.44 bits per heavy atom. The van der Waals surface area contributed by atoms with E-state index in [1.54, 1.807) is 12.1 Å². The molecule has 1 aromatic carbocycles. The Morgan fingerprint density at radius 3 is 2.69 bits per heavy atom. The SMILES string of the molecule is CC1(C)CCN(c2cc(F)c(I)cc2N)C1. The molecule has 1 heterocycles. The quantitative estimate of drug-likeness (QED) is 0.631. The summed E-state index contributed by atoms with van der Waals surface area (Å²) in [7, 11) is 0. The van der Waals surface area contributed by atoms with Gasteiger partial charge in [0.05, 0.1) is 14.9 Å². The van der Waals surface area contributed by atoms with Crippen LogP contribution in [0.1, 0.15) is 20.3 Å². The monoisotopic (exact) mass is 334 g/mol. The largest absolute Gasteiger partial charge is 0.397 e. The van der Waals surface area contributed by atoms with Gasteiger partial charge in [0.25, 0.3) is 0 Å². The predicted octanol–water partition coefficient (Wildman–Crippen LogP) is 3.25. The van der Waals surface area contributed by atoms with Crippen molar-refractivity contribution in [3.63, 3.8) is 0 Å². The minimum absolute atomic E-state index is 0.186. The third kappa shape index (κ3) is 2.26. The molecule has 1 fully saturated rings. The van der Waals surface area contributed by atoms with Crippen molar-refractivity contribution in [1.29, 1.82) is 0 Å². The van der Waals surface area contributed by atoms with Crippen LogP contribution in [-0.2, 0) is 0 Å². The van der Waals surface area contributed by atoms with Gasteiger partial charge in [-0.3, -0.25) is 0 Å². The van der Waals surface area contributed by atoms with E-state index in [1.165, 1.54) is 0 Å². The summed E-state index contributed by atoms with van der Waals surface area (Å²) in [6, 6.07) is 3.26. The second-order valence-electron chi connectivity index (χ2n) is 5.16. The molecular formula is C12H16FIN2. The van der Waals surface area contributed by atoms with Crippen molar-refractivity contribution >= 4 is 34.0 Å². The van der Waals surface area contributed by atoms with E-state index >= 15 is 0 Å². The molecule has 0 amide bonds. The highest BCUT2D eigenvalue weighted by molar-refractivity contribution is 14.1. The average molecular weight is 334 g/mol. The predicted molar refractivity (Wildman–Crippen MR) is 74.1 cm³/mol. The van der Waals surface area contributed by atoms with Crippen LogP contribution in [0.2, 0.25) is 0 Å². The van der Waals surface area contributed by atoms with Gasteiger partial charge in [-0.05, 0) is 40.5 Å². The third-order valence-electron chi connectivity index (χ3n) is 3.09. The van der Waals surface area contributed by atoms with Gasteiger partial charge < -0.3 is 10.6 Å². The minimum Gasteiger partial charge on any atom is -0.397 e. The molecule has 16 heavy (non-hydrogen) atoms. The Hall–Kier alpha value is -0.520. The lowest BCUT2D eigenvalue weighted by molar-refractivity contribution is 0.418. The first-order valence-corrected chi connectivity index (χ1v) is 6.46. The van der Waals surface area contributed by atoms with Crippen molar-refractivity contribution in [2.45, 2.75) is 20.3 Å². The number of benzene rings is 1. The van der Waals surface area contributed by atoms with E-state index in [0.29, 0.717) is 14.7 Å². The molecule has 0 aromatic heterocycles. The van der Waals surface area contributed by atoms with Gasteiger partial charge in [-0.15, -0.1) is 0 Å². The van der Waals surface area contributed by atoms with E-state index < -0.39 is 0 Å². The smallest absolute Gasteiger partial charge is 0.138 e. The molecule has 0 spiro atoms. The summed E-state index contributed by atoms with van der Waals surface area (Å²) in [4.78, 5) is 2.18. The number of anilines is 2. The van der Waals surface area contributed by atoms with Crippen molar-refractivity contribution in [3.05, 3.63) is 21.5 Å². The molecule has 1 aliphatic rings. The lowest BCUT2D eigenvalue weighted by atomic mass is 9.93. The molecular weight excluding hydrogens is 318 g/mol. The van der Waals surface area contributed by atoms with Crippen LogP contribution in [0.4, 0.5) is 15.8 Å². The molecule has 0 atom stereocenters. The third-order valence-corrected chi connectivity index (χ3v) is 3.91. The van der Waals surface area contributed by atoms with Gasteiger partial charge in [-0.2, -0.15) is 0 Å². The Bertz CT molecular complexity index is 418. The van der Waals surface area contributed by atoms with Gasteiger partial charge in [0.2, 0.25) is 0 Å². The van der Waals surface area contributed by atoms with Crippen LogP contribution in [0, 0.1) is 14.8 Å². The molecule has 1 aliphatic heterocycles. The average Bonchev–Trinajstić information content (AvgIpc) is 2.52. The summed E-state index contributed by atoms with van der Waals surface area (Å²) < 4.78 is 14.1. The highest BCUT2D eigenvalue weighted by Gasteiger charge is 2.30. The maximum Gasteiger partial charge on any atom is 0.138 e. The first-order valence-electron chi connectivity index (χ1n) is 5.38. The van der Waals surface area contributed by atoms with Crippen molar-refractivity contribution < 1.29 is 4.39 Å². The molecule has 2 nitrogen and oxygen atoms in total. The van der Waals surface area contributed by atoms with Gasteiger partial charge in [0, 0.05) is 19.2 Å². The van der Waals surface area contributed by atoms with E-state index in [0.717, 1.165) is 25.2 Å². The van der Waals surface area contributed by atoms with E-state index in [1.807, 2.05) is 22.6 Å². The zero-order valence-corrected chi connectivity index (χ0v) is 11.7. The Balaban J connectivity index is 2.32. The molecule has 1 saturated heterocycles. The summed E-state index contributed by atoms with van der Waals surface area (Å²) in [5.41, 5.74) is 7.75. The van der Waals surface area contributed by atoms with E-state index in [9.17, 15) is 4.39 Å². The highest BCUT2D eigenvalue weighted by Crippen LogP contribution is 2.36. The second kappa shape index (κ2) is 4.05. The summed E-state index contributed by atoms with van der Waals surface area (Å²) in [5.74, 6) is -0.186. The number of hydrogen-bond acceptors (Lipinski definition) is 2. The summed E-state index contributed by atoms with van der Waals surface area (Å²) >= 11 is 1.96. The first-order chi connectivity index (χ1) is 7.39. The summed E-state index contributed by atoms with van der Waals surface area (Å²) in [6.07, 6.45) is 1.13. The molecule has 0 unspecified atom stereocenters. The first kappa shape index (κ1) is 12.0. The van der Waals surface area contributed by atoms with Crippen LogP contribution in [0.3, 0.4) is 0 Å². The Kier molecular flexibility index (Phi) is 3.03. The Labute approximate surface area is 109 Å². The number of halogens is 2. The fourth-order valence-corrected chi connectivity index (χ4v) is 2.63. The van der Waals surface area contributed by atoms with E-state index in [2.05, 4.69) is 18.7 Å². The van der Waals surface area contributed by atoms with Crippen LogP contribution < -0.4 is 10.6 Å². The normalized spacial score (nSPS) is 19.1. The fourth-order valence-electron chi connectivity index (χ4n) is 2.14. The van der Waals surface area contributed by atoms with Gasteiger partial charge in [-0.1, -0.05) is 13.8 Å². The van der Waals surface area contributed by atoms with Gasteiger partial charge >= 0.3 is 0 Å². The molecule has 2 rings (SSSR count). The van der Waals surface area contributed by atoms with E-state index in [-0.39, 0.29) is 5.82 Å². The molecule has 0 saturated carbocycles. The lowest BCUT2D eigenvalue weighted by Crippen LogP contribution is -2.23. The molecule has 1 aromatic rings. The van der Waals surface area contributed by atoms with Crippen molar-refractivity contribution in [3.8, 4) is 0 Å². The summed E-state index contributed by atoms with van der Waals surface area (Å²) in [6.45, 7) is 6.35. The lowest BCUT2D eigenvalue weighted by Gasteiger charge is -2.23. The summed E-state index contributed by atoms with van der Waals surface area (Å²) in [5, 5.41) is 0. The van der Waals surface area contributed by atoms with Crippen molar-refractivity contribution in [2.24, 2.45) is 5.41 Å². The number of hydrogen-bond donors (Lipinski definition) is 1. The maximum absolute atomic E-state index is 13.5. The van der Waals surface area contributed by atoms with Crippen molar-refractivity contribution in [1.82, 2.24) is 0 Å². The standard InChI is InChI=1S/C12H16FIN2/c1-12(2)3-4-16(7-12)11-5-8(13)9(14)6-10(11)15/h5-6H,3-4,7,15H2,1-2H3. The van der Waals surface area contributed by atoms with E-state index in [4.69, 9.17) is 5.73 Å². The number of rotatable bonds is 1. The molecule has 0 aliphatic carbocycles. The highest BCUT2D eigenvalue weighted by atomic mass is 127. The van der Waals surface area contributed by atoms with Crippen LogP contribution in [0.25, 0.3) is 0 Å². The van der Waals surface area contributed by atoms with Crippen molar-refractivity contribution in [2.75, 3.05) is 23.7 Å². The van der Waals surface area contributed by atoms with Gasteiger partial charge in [0.15, 0.2) is 0 Å². The van der Waals surface area contributed by atoms with Gasteiger partial charge in [0.1, 0.15) is 5.82 Å². The molecule has 0 bridgehead atoms. The molecule has 2 N–H and O–H groups in total. The second-order valence-corrected chi connectivity index (χ2v) is 6.32. The van der Waals surface area contributed by atoms with Crippen LogP contribution in [0.5, 0.6) is 0 Å². The molecule has 88 valence electrons. The zero-order valence-electron chi connectivity index (χ0n) is 9.56. The number of nitrogens with zero attached hydrogens (tertiary/aromatic N) is 1. The minimum atomic E-state index is -0.186. The number of nitrogens with two attached hydrogens (primary N) is 1. The van der Waals surface area contributed by atoms with Gasteiger partial charge in [-0.25, -0.2) is 4.39 Å². The fraction of sp³-hybridized carbons (Fsp3) is 0.500. The number of nitrogen functional groups attached to an aromatic ring is 1. The maximum atomic E-state index is 13.5. The molecule has 4 heteroatoms. The van der Waals surface area contributed by atoms with Crippen LogP contribution in [0.15, 0.2) is 12.1 Å². The Morgan fingerprint density at radius 2 is 2.12 bits per heavy atom. The topological polar surface area (TPSA) is 29.3 Å². The van der Waals surface area contributed by atoms with Crippen LogP contribution in [-0.4, -0.2) is 13.1 Å². The van der Waals surface area contributed by atoms with Crippen LogP contribution >= 0.6 is 22.6 Å².